The topological polar surface area (TPSA) is 138 Å². The highest BCUT2D eigenvalue weighted by Crippen LogP contribution is 2.13. The monoisotopic (exact) mass is 457 g/mol. The van der Waals surface area contributed by atoms with Crippen LogP contribution in [0.15, 0.2) is 0 Å². The molecule has 0 aliphatic rings. The van der Waals surface area contributed by atoms with Gasteiger partial charge in [-0.2, -0.15) is 0 Å². The molecule has 186 valence electrons. The number of carbonyl (C=O) groups excluding carboxylic acids is 3. The van der Waals surface area contributed by atoms with E-state index in [0.717, 1.165) is 51.2 Å². The van der Waals surface area contributed by atoms with Crippen LogP contribution in [-0.4, -0.2) is 46.2 Å². The van der Waals surface area contributed by atoms with Crippen molar-refractivity contribution >= 4 is 29.9 Å². The predicted octanol–water partition coefficient (Wildman–Crippen LogP) is 4.68. The van der Waals surface area contributed by atoms with E-state index in [9.17, 15) is 19.2 Å². The maximum Gasteiger partial charge on any atom is 0.326 e. The summed E-state index contributed by atoms with van der Waals surface area (Å²) in [6.07, 6.45) is 14.5. The maximum atomic E-state index is 11.8. The Labute approximate surface area is 192 Å². The Morgan fingerprint density at radius 1 is 0.719 bits per heavy atom. The number of carbonyl (C=O) groups is 5. The lowest BCUT2D eigenvalue weighted by atomic mass is 10.0. The van der Waals surface area contributed by atoms with E-state index in [1.165, 1.54) is 46.0 Å². The molecule has 8 heteroatoms. The summed E-state index contributed by atoms with van der Waals surface area (Å²) < 4.78 is 0. The lowest BCUT2D eigenvalue weighted by Gasteiger charge is -2.13. The largest absolute Gasteiger partial charge is 0.481 e. The van der Waals surface area contributed by atoms with Gasteiger partial charge in [0.1, 0.15) is 18.1 Å². The third-order valence-electron chi connectivity index (χ3n) is 4.96. The fraction of sp³-hybridized carbons (Fsp3) is 0.792. The number of Topliss-reactive ketones (excluding diaryl/α,β-unsaturated/α-hetero) is 1. The molecule has 0 aromatic rings. The zero-order valence-electron chi connectivity index (χ0n) is 19.9. The van der Waals surface area contributed by atoms with Crippen molar-refractivity contribution in [2.24, 2.45) is 0 Å². The van der Waals surface area contributed by atoms with E-state index >= 15 is 0 Å². The molecule has 0 fully saturated rings. The lowest BCUT2D eigenvalue weighted by Crippen LogP contribution is -2.40. The van der Waals surface area contributed by atoms with Gasteiger partial charge < -0.3 is 25.1 Å². The number of aldehydes is 1. The van der Waals surface area contributed by atoms with Gasteiger partial charge in [0.05, 0.1) is 0 Å². The zero-order chi connectivity index (χ0) is 24.6. The number of hydrogen-bond acceptors (Lipinski definition) is 5. The Morgan fingerprint density at radius 2 is 1.09 bits per heavy atom. The van der Waals surface area contributed by atoms with Crippen molar-refractivity contribution < 1.29 is 34.2 Å². The summed E-state index contributed by atoms with van der Waals surface area (Å²) >= 11 is 0. The molecule has 0 saturated carbocycles. The summed E-state index contributed by atoms with van der Waals surface area (Å²) in [5.74, 6) is -2.15. The summed E-state index contributed by atoms with van der Waals surface area (Å²) in [6, 6.07) is -0.983. The van der Waals surface area contributed by atoms with Crippen LogP contribution >= 0.6 is 0 Å². The number of aliphatic carboxylic acids is 2. The molecule has 3 N–H and O–H groups in total. The number of hydrogen-bond donors (Lipinski definition) is 3. The normalized spacial score (nSPS) is 11.1. The molecule has 0 aromatic heterocycles. The molecule has 1 atom stereocenters. The summed E-state index contributed by atoms with van der Waals surface area (Å²) in [4.78, 5) is 53.1. The van der Waals surface area contributed by atoms with Crippen molar-refractivity contribution in [3.63, 3.8) is 0 Å². The number of ketones is 1. The van der Waals surface area contributed by atoms with E-state index in [1.807, 2.05) is 0 Å². The highest BCUT2D eigenvalue weighted by molar-refractivity contribution is 5.84. The van der Waals surface area contributed by atoms with Crippen molar-refractivity contribution in [3.8, 4) is 0 Å². The second-order valence-electron chi connectivity index (χ2n) is 8.07. The highest BCUT2D eigenvalue weighted by atomic mass is 16.4. The van der Waals surface area contributed by atoms with Gasteiger partial charge in [0.15, 0.2) is 0 Å². The van der Waals surface area contributed by atoms with Crippen LogP contribution in [0.3, 0.4) is 0 Å². The fourth-order valence-electron chi connectivity index (χ4n) is 3.20. The first-order valence-corrected chi connectivity index (χ1v) is 11.9. The molecule has 0 unspecified atom stereocenters. The van der Waals surface area contributed by atoms with E-state index in [2.05, 4.69) is 5.32 Å². The summed E-state index contributed by atoms with van der Waals surface area (Å²) in [7, 11) is 0. The SMILES string of the molecule is CC(=O)CC[C@@H](NC(=O)CCCCCCCCCCCCCCC(=O)O)C(=O)O.CC=O. The maximum absolute atomic E-state index is 11.8. The van der Waals surface area contributed by atoms with Gasteiger partial charge in [-0.25, -0.2) is 4.79 Å². The Morgan fingerprint density at radius 3 is 1.44 bits per heavy atom. The molecule has 0 saturated heterocycles. The molecule has 0 radical (unpaired) electrons. The van der Waals surface area contributed by atoms with Crippen LogP contribution in [-0.2, 0) is 24.0 Å². The third kappa shape index (κ3) is 25.8. The first kappa shape index (κ1) is 31.9. The average Bonchev–Trinajstić information content (AvgIpc) is 2.71. The average molecular weight is 458 g/mol. The van der Waals surface area contributed by atoms with Gasteiger partial charge in [0, 0.05) is 19.3 Å². The molecule has 0 aliphatic carbocycles. The van der Waals surface area contributed by atoms with Crippen LogP contribution in [0.25, 0.3) is 0 Å². The molecule has 0 aromatic carbocycles. The van der Waals surface area contributed by atoms with Gasteiger partial charge in [0.2, 0.25) is 5.91 Å². The van der Waals surface area contributed by atoms with Crippen LogP contribution in [0.4, 0.5) is 0 Å². The number of nitrogens with one attached hydrogen (secondary N) is 1. The Kier molecular flexibility index (Phi) is 23.4. The number of carboxylic acid groups (broad SMARTS) is 2. The van der Waals surface area contributed by atoms with Crippen molar-refractivity contribution in [2.75, 3.05) is 0 Å². The molecule has 0 aliphatic heterocycles. The minimum atomic E-state index is -1.10. The van der Waals surface area contributed by atoms with Gasteiger partial charge in [-0.15, -0.1) is 0 Å². The second kappa shape index (κ2) is 23.4. The second-order valence-corrected chi connectivity index (χ2v) is 8.07. The third-order valence-corrected chi connectivity index (χ3v) is 4.96. The van der Waals surface area contributed by atoms with Gasteiger partial charge in [-0.05, 0) is 33.1 Å². The molecule has 8 nitrogen and oxygen atoms in total. The fourth-order valence-corrected chi connectivity index (χ4v) is 3.20. The van der Waals surface area contributed by atoms with Gasteiger partial charge in [-0.3, -0.25) is 9.59 Å². The minimum Gasteiger partial charge on any atom is -0.481 e. The van der Waals surface area contributed by atoms with Gasteiger partial charge in [-0.1, -0.05) is 64.2 Å². The summed E-state index contributed by atoms with van der Waals surface area (Å²) in [6.45, 7) is 2.85. The standard InChI is InChI=1S/C22H39NO6.C2H4O/c1-18(24)16-17-19(22(28)29)23-20(25)14-12-10-8-6-4-2-3-5-7-9-11-13-15-21(26)27;1-2-3/h19H,2-17H2,1H3,(H,23,25)(H,26,27)(H,28,29);2H,1H3/t19-;/m1./s1. The molecule has 0 rings (SSSR count). The summed E-state index contributed by atoms with van der Waals surface area (Å²) in [5, 5.41) is 20.1. The van der Waals surface area contributed by atoms with E-state index in [-0.39, 0.29) is 31.0 Å². The number of unbranched alkanes of at least 4 members (excludes halogenated alkanes) is 11. The molecule has 32 heavy (non-hydrogen) atoms. The van der Waals surface area contributed by atoms with Crippen molar-refractivity contribution in [1.29, 1.82) is 0 Å². The van der Waals surface area contributed by atoms with Crippen LogP contribution in [0, 0.1) is 0 Å². The zero-order valence-corrected chi connectivity index (χ0v) is 19.9. The molecule has 0 spiro atoms. The molecular formula is C24H43NO7. The first-order valence-electron chi connectivity index (χ1n) is 11.9. The quantitative estimate of drug-likeness (QED) is 0.178. The molecular weight excluding hydrogens is 414 g/mol. The molecule has 0 heterocycles. The van der Waals surface area contributed by atoms with Crippen LogP contribution in [0.5, 0.6) is 0 Å². The summed E-state index contributed by atoms with van der Waals surface area (Å²) in [5.41, 5.74) is 0. The van der Waals surface area contributed by atoms with Crippen molar-refractivity contribution in [3.05, 3.63) is 0 Å². The van der Waals surface area contributed by atoms with Gasteiger partial charge in [0.25, 0.3) is 0 Å². The first-order chi connectivity index (χ1) is 15.2. The van der Waals surface area contributed by atoms with Crippen LogP contribution < -0.4 is 5.32 Å². The lowest BCUT2D eigenvalue weighted by molar-refractivity contribution is -0.142. The Balaban J connectivity index is 0. The molecule has 1 amide bonds. The predicted molar refractivity (Wildman–Crippen MR) is 123 cm³/mol. The Hall–Kier alpha value is -2.25. The minimum absolute atomic E-state index is 0.0822. The van der Waals surface area contributed by atoms with Crippen LogP contribution in [0.2, 0.25) is 0 Å². The smallest absolute Gasteiger partial charge is 0.326 e. The van der Waals surface area contributed by atoms with Crippen LogP contribution in [0.1, 0.15) is 117 Å². The highest BCUT2D eigenvalue weighted by Gasteiger charge is 2.19. The van der Waals surface area contributed by atoms with Crippen molar-refractivity contribution in [1.82, 2.24) is 5.32 Å². The number of amides is 1. The number of carboxylic acids is 2. The van der Waals surface area contributed by atoms with E-state index < -0.39 is 18.0 Å². The van der Waals surface area contributed by atoms with E-state index in [1.54, 1.807) is 0 Å². The Bertz CT molecular complexity index is 534. The molecule has 0 bridgehead atoms. The van der Waals surface area contributed by atoms with Gasteiger partial charge >= 0.3 is 11.9 Å². The van der Waals surface area contributed by atoms with E-state index in [4.69, 9.17) is 15.0 Å². The van der Waals surface area contributed by atoms with E-state index in [0.29, 0.717) is 6.42 Å². The van der Waals surface area contributed by atoms with Crippen molar-refractivity contribution in [2.45, 2.75) is 123 Å². The number of rotatable bonds is 20.